The lowest BCUT2D eigenvalue weighted by atomic mass is 10.1. The van der Waals surface area contributed by atoms with Gasteiger partial charge in [0.25, 0.3) is 0 Å². The third kappa shape index (κ3) is 3.82. The van der Waals surface area contributed by atoms with Crippen LogP contribution in [0.5, 0.6) is 0 Å². The number of carbonyl (C=O) groups is 2. The van der Waals surface area contributed by atoms with Crippen molar-refractivity contribution in [1.29, 1.82) is 0 Å². The van der Waals surface area contributed by atoms with Crippen molar-refractivity contribution in [3.05, 3.63) is 60.2 Å². The second-order valence-corrected chi connectivity index (χ2v) is 6.84. The number of aliphatic hydroxyl groups is 1. The first-order valence-electron chi connectivity index (χ1n) is 6.71. The van der Waals surface area contributed by atoms with Gasteiger partial charge in [0.15, 0.2) is 0 Å². The highest BCUT2D eigenvalue weighted by molar-refractivity contribution is 7.92. The smallest absolute Gasteiger partial charge is 0.223 e. The topological polar surface area (TPSA) is 101 Å². The van der Waals surface area contributed by atoms with Gasteiger partial charge in [0.2, 0.25) is 27.0 Å². The number of sulfone groups is 1. The van der Waals surface area contributed by atoms with Crippen molar-refractivity contribution in [1.82, 2.24) is 0 Å². The summed E-state index contributed by atoms with van der Waals surface area (Å²) in [5.41, 5.74) is -1.66. The predicted molar refractivity (Wildman–Crippen MR) is 84.7 cm³/mol. The molecule has 2 rings (SSSR count). The average molecular weight is 333 g/mol. The predicted octanol–water partition coefficient (Wildman–Crippen LogP) is 1.62. The summed E-state index contributed by atoms with van der Waals surface area (Å²) in [6, 6.07) is 12.9. The van der Waals surface area contributed by atoms with Crippen LogP contribution in [0.3, 0.4) is 0 Å². The number of amides is 1. The molecule has 0 bridgehead atoms. The van der Waals surface area contributed by atoms with E-state index in [4.69, 9.17) is 0 Å². The fraction of sp³-hybridized carbons (Fsp3) is 0.125. The molecule has 1 unspecified atom stereocenters. The molecule has 0 aliphatic rings. The number of benzene rings is 2. The lowest BCUT2D eigenvalue weighted by Gasteiger charge is -2.12. The van der Waals surface area contributed by atoms with Gasteiger partial charge in [0, 0.05) is 18.2 Å². The van der Waals surface area contributed by atoms with Gasteiger partial charge in [0.05, 0.1) is 4.90 Å². The van der Waals surface area contributed by atoms with Crippen LogP contribution in [0.4, 0.5) is 5.69 Å². The minimum Gasteiger partial charge on any atom is -0.370 e. The Hall–Kier alpha value is -2.51. The summed E-state index contributed by atoms with van der Waals surface area (Å²) >= 11 is 0. The number of nitrogens with one attached hydrogen (secondary N) is 1. The Morgan fingerprint density at radius 1 is 1.00 bits per heavy atom. The fourth-order valence-corrected chi connectivity index (χ4v) is 3.14. The van der Waals surface area contributed by atoms with E-state index in [0.717, 1.165) is 0 Å². The molecule has 2 aromatic carbocycles. The summed E-state index contributed by atoms with van der Waals surface area (Å²) in [4.78, 5) is 22.8. The van der Waals surface area contributed by atoms with Crippen molar-refractivity contribution in [2.24, 2.45) is 0 Å². The normalized spacial score (nSPS) is 12.4. The second-order valence-electron chi connectivity index (χ2n) is 4.83. The Morgan fingerprint density at radius 2 is 1.57 bits per heavy atom. The zero-order chi connectivity index (χ0) is 17.0. The zero-order valence-corrected chi connectivity index (χ0v) is 13.1. The van der Waals surface area contributed by atoms with Crippen LogP contribution in [0.1, 0.15) is 17.3 Å². The monoisotopic (exact) mass is 333 g/mol. The number of anilines is 1. The van der Waals surface area contributed by atoms with E-state index in [1.54, 1.807) is 18.2 Å². The first-order chi connectivity index (χ1) is 10.8. The first kappa shape index (κ1) is 16.9. The van der Waals surface area contributed by atoms with Crippen LogP contribution < -0.4 is 5.32 Å². The van der Waals surface area contributed by atoms with Gasteiger partial charge in [0.1, 0.15) is 0 Å². The van der Waals surface area contributed by atoms with Gasteiger partial charge < -0.3 is 10.4 Å². The summed E-state index contributed by atoms with van der Waals surface area (Å²) < 4.78 is 24.6. The van der Waals surface area contributed by atoms with Gasteiger partial charge >= 0.3 is 0 Å². The van der Waals surface area contributed by atoms with Crippen LogP contribution in [-0.4, -0.2) is 30.7 Å². The Balaban J connectivity index is 2.27. The molecule has 0 aromatic heterocycles. The Labute approximate surface area is 133 Å². The number of carbonyl (C=O) groups excluding carboxylic acids is 2. The van der Waals surface area contributed by atoms with Crippen LogP contribution in [-0.2, 0) is 14.6 Å². The number of hydrogen-bond donors (Lipinski definition) is 2. The molecule has 0 heterocycles. The largest absolute Gasteiger partial charge is 0.370 e. The lowest BCUT2D eigenvalue weighted by molar-refractivity contribution is -0.114. The molecule has 1 amide bonds. The Bertz CT molecular complexity index is 813. The minimum atomic E-state index is -4.24. The number of aliphatic hydroxyl groups excluding tert-OH is 1. The van der Waals surface area contributed by atoms with E-state index >= 15 is 0 Å². The van der Waals surface area contributed by atoms with Crippen LogP contribution in [0.15, 0.2) is 59.5 Å². The molecule has 0 radical (unpaired) electrons. The highest BCUT2D eigenvalue weighted by atomic mass is 32.2. The highest BCUT2D eigenvalue weighted by Crippen LogP contribution is 2.20. The van der Waals surface area contributed by atoms with Crippen LogP contribution >= 0.6 is 0 Å². The number of Topliss-reactive ketones (excluding diaryl/α,β-unsaturated/α-hetero) is 1. The third-order valence-electron chi connectivity index (χ3n) is 3.08. The van der Waals surface area contributed by atoms with Crippen molar-refractivity contribution in [2.45, 2.75) is 17.3 Å². The Kier molecular flexibility index (Phi) is 4.92. The van der Waals surface area contributed by atoms with E-state index < -0.39 is 21.1 Å². The zero-order valence-electron chi connectivity index (χ0n) is 12.3. The van der Waals surface area contributed by atoms with Crippen molar-refractivity contribution in [3.8, 4) is 0 Å². The van der Waals surface area contributed by atoms with Crippen molar-refractivity contribution < 1.29 is 23.1 Å². The second kappa shape index (κ2) is 6.72. The maximum atomic E-state index is 12.3. The van der Waals surface area contributed by atoms with Gasteiger partial charge in [-0.1, -0.05) is 30.3 Å². The number of hydrogen-bond acceptors (Lipinski definition) is 5. The summed E-state index contributed by atoms with van der Waals surface area (Å²) in [5, 5.41) is 12.5. The molecule has 0 fully saturated rings. The van der Waals surface area contributed by atoms with Gasteiger partial charge in [-0.2, -0.15) is 0 Å². The third-order valence-corrected chi connectivity index (χ3v) is 4.81. The molecule has 2 aromatic rings. The molecule has 7 heteroatoms. The van der Waals surface area contributed by atoms with Crippen molar-refractivity contribution in [3.63, 3.8) is 0 Å². The molecule has 0 saturated carbocycles. The van der Waals surface area contributed by atoms with Crippen LogP contribution in [0.25, 0.3) is 0 Å². The average Bonchev–Trinajstić information content (AvgIpc) is 2.54. The lowest BCUT2D eigenvalue weighted by Crippen LogP contribution is -2.30. The molecule has 23 heavy (non-hydrogen) atoms. The molecule has 2 N–H and O–H groups in total. The van der Waals surface area contributed by atoms with Gasteiger partial charge in [-0.3, -0.25) is 9.59 Å². The maximum Gasteiger partial charge on any atom is 0.223 e. The summed E-state index contributed by atoms with van der Waals surface area (Å²) in [6.45, 7) is 1.33. The molecule has 0 aliphatic carbocycles. The first-order valence-corrected chi connectivity index (χ1v) is 8.26. The number of ketones is 1. The molecular weight excluding hydrogens is 318 g/mol. The van der Waals surface area contributed by atoms with E-state index in [0.29, 0.717) is 5.69 Å². The quantitative estimate of drug-likeness (QED) is 0.810. The van der Waals surface area contributed by atoms with Gasteiger partial charge in [-0.15, -0.1) is 0 Å². The highest BCUT2D eigenvalue weighted by Gasteiger charge is 2.32. The van der Waals surface area contributed by atoms with Crippen molar-refractivity contribution >= 4 is 27.2 Å². The summed E-state index contributed by atoms with van der Waals surface area (Å²) in [5.74, 6) is -1.18. The van der Waals surface area contributed by atoms with Gasteiger partial charge in [-0.25, -0.2) is 8.42 Å². The van der Waals surface area contributed by atoms with Gasteiger partial charge in [-0.05, 0) is 24.3 Å². The molecular formula is C16H15NO5S. The standard InChI is InChI=1S/C16H15NO5S/c1-11(18)17-13-7-9-14(10-8-13)23(21,22)16(20)15(19)12-5-3-2-4-6-12/h2-10,16,20H,1H3,(H,17,18). The van der Waals surface area contributed by atoms with E-state index in [1.165, 1.54) is 43.3 Å². The minimum absolute atomic E-state index is 0.110. The fourth-order valence-electron chi connectivity index (χ4n) is 1.95. The molecule has 0 aliphatic heterocycles. The Morgan fingerprint density at radius 3 is 2.09 bits per heavy atom. The van der Waals surface area contributed by atoms with Crippen LogP contribution in [0.2, 0.25) is 0 Å². The van der Waals surface area contributed by atoms with E-state index in [1.807, 2.05) is 0 Å². The summed E-state index contributed by atoms with van der Waals surface area (Å²) in [6.07, 6.45) is 0. The van der Waals surface area contributed by atoms with E-state index in [-0.39, 0.29) is 16.4 Å². The van der Waals surface area contributed by atoms with E-state index in [2.05, 4.69) is 5.32 Å². The maximum absolute atomic E-state index is 12.3. The van der Waals surface area contributed by atoms with Crippen molar-refractivity contribution in [2.75, 3.05) is 5.32 Å². The molecule has 120 valence electrons. The molecule has 1 atom stereocenters. The summed E-state index contributed by atoms with van der Waals surface area (Å²) in [7, 11) is -4.24. The van der Waals surface area contributed by atoms with Crippen LogP contribution in [0, 0.1) is 0 Å². The number of rotatable bonds is 5. The molecule has 0 spiro atoms. The SMILES string of the molecule is CC(=O)Nc1ccc(S(=O)(=O)C(O)C(=O)c2ccccc2)cc1. The molecule has 0 saturated heterocycles. The van der Waals surface area contributed by atoms with E-state index in [9.17, 15) is 23.1 Å². The molecule has 6 nitrogen and oxygen atoms in total.